The standard InChI is InChI=1S/C6H13NO2.C5H10O3.2C4H8O3.C2H5NO.C2H3N.2C2H4O2.CH3.Na/c1-6(8)9-5-4-7(2)3;1-5(7)8-4-2-3-6;2*1-4(6)7-3-2-5;1-2(3)4;1-2-3;2*1-2(3)4;;/h4-5H2,1-3H3;6H,2-4H2,1H3;2*5H,2-3H2,1H3;1H3,(H2,3,4);1H3;2*1H3,(H,3,4);1H3;/q;;;;;;;;-1;+1/p-1. The van der Waals surface area contributed by atoms with Crippen LogP contribution in [0.5, 0.6) is 0 Å². The molecule has 0 unspecified atom stereocenters. The Balaban J connectivity index is -0.0000000438. The smallest absolute Gasteiger partial charge is 0.550 e. The normalized spacial score (nSPS) is 7.44. The van der Waals surface area contributed by atoms with Crippen molar-refractivity contribution in [1.82, 2.24) is 4.90 Å². The van der Waals surface area contributed by atoms with Crippen LogP contribution in [0.4, 0.5) is 0 Å². The summed E-state index contributed by atoms with van der Waals surface area (Å²) in [5.41, 5.74) is 4.47. The molecule has 0 saturated heterocycles. The number of carboxylic acids is 2. The fourth-order valence-corrected chi connectivity index (χ4v) is 1.03. The molecular weight excluding hydrogens is 657 g/mol. The van der Waals surface area contributed by atoms with E-state index < -0.39 is 11.9 Å². The average molecular weight is 715 g/mol. The van der Waals surface area contributed by atoms with Gasteiger partial charge in [0.15, 0.2) is 0 Å². The van der Waals surface area contributed by atoms with Gasteiger partial charge in [0.05, 0.1) is 25.9 Å². The van der Waals surface area contributed by atoms with Gasteiger partial charge in [0.2, 0.25) is 5.91 Å². The maximum absolute atomic E-state index is 10.2. The first kappa shape index (κ1) is 70.8. The number of aliphatic hydroxyl groups excluding tert-OH is 3. The van der Waals surface area contributed by atoms with Gasteiger partial charge in [0.1, 0.15) is 19.8 Å². The van der Waals surface area contributed by atoms with E-state index >= 15 is 0 Å². The summed E-state index contributed by atoms with van der Waals surface area (Å²) in [6.07, 6.45) is 0.527. The number of carbonyl (C=O) groups excluding carboxylic acids is 6. The molecule has 6 N–H and O–H groups in total. The summed E-state index contributed by atoms with van der Waals surface area (Å²) in [5, 5.41) is 47.9. The molecule has 282 valence electrons. The number of primary amides is 1. The van der Waals surface area contributed by atoms with Crippen molar-refractivity contribution >= 4 is 41.7 Å². The summed E-state index contributed by atoms with van der Waals surface area (Å²) >= 11 is 0. The summed E-state index contributed by atoms with van der Waals surface area (Å²) in [7, 11) is 3.87. The Morgan fingerprint density at radius 1 is 0.688 bits per heavy atom. The number of carboxylic acid groups (broad SMARTS) is 2. The Morgan fingerprint density at radius 3 is 1.04 bits per heavy atom. The topological polar surface area (TPSA) is 313 Å². The molecule has 0 rings (SSSR count). The van der Waals surface area contributed by atoms with Gasteiger partial charge in [0.25, 0.3) is 5.97 Å². The minimum Gasteiger partial charge on any atom is -0.550 e. The van der Waals surface area contributed by atoms with Gasteiger partial charge in [-0.15, -0.1) is 0 Å². The molecular formula is C28H57N3NaO16-. The molecule has 19 nitrogen and oxygen atoms in total. The summed E-state index contributed by atoms with van der Waals surface area (Å²) in [5.74, 6) is -3.46. The van der Waals surface area contributed by atoms with Crippen molar-refractivity contribution in [2.24, 2.45) is 5.73 Å². The number of nitrogens with two attached hydrogens (primary N) is 1. The van der Waals surface area contributed by atoms with Crippen molar-refractivity contribution in [2.45, 2.75) is 61.8 Å². The van der Waals surface area contributed by atoms with Crippen LogP contribution in [0.1, 0.15) is 61.8 Å². The van der Waals surface area contributed by atoms with Crippen molar-refractivity contribution in [1.29, 1.82) is 5.26 Å². The Hall–Kier alpha value is -3.38. The Morgan fingerprint density at radius 2 is 0.896 bits per heavy atom. The number of nitrogens with zero attached hydrogens (tertiary/aromatic N) is 2. The van der Waals surface area contributed by atoms with Crippen LogP contribution in [0.2, 0.25) is 0 Å². The fraction of sp³-hybridized carbons (Fsp3) is 0.679. The average Bonchev–Trinajstić information content (AvgIpc) is 2.86. The molecule has 0 aliphatic heterocycles. The third-order valence-corrected chi connectivity index (χ3v) is 2.24. The number of amides is 1. The Kier molecular flexibility index (Phi) is 97.6. The molecule has 0 aliphatic rings. The van der Waals surface area contributed by atoms with Gasteiger partial charge in [-0.25, -0.2) is 0 Å². The van der Waals surface area contributed by atoms with E-state index in [9.17, 15) is 24.0 Å². The van der Waals surface area contributed by atoms with Crippen LogP contribution < -0.4 is 40.4 Å². The third-order valence-electron chi connectivity index (χ3n) is 2.24. The van der Waals surface area contributed by atoms with Gasteiger partial charge in [0, 0.05) is 74.0 Å². The number of hydrogen-bond donors (Lipinski definition) is 5. The molecule has 0 aromatic heterocycles. The zero-order valence-corrected chi connectivity index (χ0v) is 32.5. The van der Waals surface area contributed by atoms with Crippen LogP contribution >= 0.6 is 0 Å². The molecule has 0 aromatic rings. The zero-order chi connectivity index (χ0) is 38.5. The number of rotatable bonds is 10. The fourth-order valence-electron chi connectivity index (χ4n) is 1.03. The van der Waals surface area contributed by atoms with Crippen molar-refractivity contribution < 1.29 is 108 Å². The summed E-state index contributed by atoms with van der Waals surface area (Å²) in [6.45, 7) is 11.9. The van der Waals surface area contributed by atoms with Gasteiger partial charge in [-0.3, -0.25) is 28.8 Å². The molecule has 0 atom stereocenters. The zero-order valence-electron chi connectivity index (χ0n) is 30.5. The van der Waals surface area contributed by atoms with E-state index in [4.69, 9.17) is 40.4 Å². The second-order valence-corrected chi connectivity index (χ2v) is 7.53. The minimum atomic E-state index is -1.08. The summed E-state index contributed by atoms with van der Waals surface area (Å²) < 4.78 is 17.8. The second-order valence-electron chi connectivity index (χ2n) is 7.53. The van der Waals surface area contributed by atoms with Crippen molar-refractivity contribution in [3.8, 4) is 6.07 Å². The molecule has 0 spiro atoms. The quantitative estimate of drug-likeness (QED) is 0.0468. The van der Waals surface area contributed by atoms with Crippen LogP contribution in [-0.4, -0.2) is 134 Å². The number of likely N-dealkylation sites (N-methyl/N-ethyl adjacent to an activating group) is 1. The van der Waals surface area contributed by atoms with E-state index in [1.807, 2.05) is 19.0 Å². The van der Waals surface area contributed by atoms with Crippen molar-refractivity contribution in [2.75, 3.05) is 66.9 Å². The number of hydrogen-bond acceptors (Lipinski definition) is 17. The van der Waals surface area contributed by atoms with E-state index in [2.05, 4.69) is 24.7 Å². The van der Waals surface area contributed by atoms with Crippen LogP contribution in [-0.2, 0) is 52.5 Å². The van der Waals surface area contributed by atoms with E-state index in [1.54, 1.807) is 6.07 Å². The first-order valence-corrected chi connectivity index (χ1v) is 13.0. The predicted molar refractivity (Wildman–Crippen MR) is 168 cm³/mol. The monoisotopic (exact) mass is 714 g/mol. The van der Waals surface area contributed by atoms with Gasteiger partial charge in [-0.1, -0.05) is 0 Å². The van der Waals surface area contributed by atoms with E-state index in [-0.39, 0.29) is 99.8 Å². The molecule has 48 heavy (non-hydrogen) atoms. The van der Waals surface area contributed by atoms with E-state index in [0.717, 1.165) is 20.4 Å². The summed E-state index contributed by atoms with van der Waals surface area (Å²) in [4.78, 5) is 69.0. The van der Waals surface area contributed by atoms with Crippen molar-refractivity contribution in [3.63, 3.8) is 0 Å². The molecule has 0 fully saturated rings. The molecule has 0 aliphatic carbocycles. The number of aliphatic carboxylic acids is 2. The molecule has 20 heteroatoms. The largest absolute Gasteiger partial charge is 1.00 e. The van der Waals surface area contributed by atoms with Crippen molar-refractivity contribution in [3.05, 3.63) is 7.43 Å². The maximum atomic E-state index is 10.2. The summed E-state index contributed by atoms with van der Waals surface area (Å²) in [6, 6.07) is 1.75. The maximum Gasteiger partial charge on any atom is 1.00 e. The minimum absolute atomic E-state index is 0. The number of esters is 4. The van der Waals surface area contributed by atoms with Crippen LogP contribution in [0.25, 0.3) is 0 Å². The predicted octanol–water partition coefficient (Wildman–Crippen LogP) is -4.55. The Labute approximate surface area is 306 Å². The van der Waals surface area contributed by atoms with Gasteiger partial charge < -0.3 is 67.3 Å². The molecule has 1 amide bonds. The Bertz CT molecular complexity index is 735. The van der Waals surface area contributed by atoms with E-state index in [1.165, 1.54) is 41.5 Å². The third kappa shape index (κ3) is 303. The van der Waals surface area contributed by atoms with Gasteiger partial charge in [-0.05, 0) is 21.0 Å². The van der Waals surface area contributed by atoms with E-state index in [0.29, 0.717) is 19.6 Å². The van der Waals surface area contributed by atoms with Gasteiger partial charge >= 0.3 is 53.4 Å². The first-order chi connectivity index (χ1) is 21.0. The number of ether oxygens (including phenoxy) is 4. The van der Waals surface area contributed by atoms with Gasteiger partial charge in [-0.2, -0.15) is 5.26 Å². The number of aliphatic hydroxyl groups is 3. The molecule has 0 aromatic carbocycles. The second kappa shape index (κ2) is 66.1. The van der Waals surface area contributed by atoms with Crippen LogP contribution in [0, 0.1) is 18.8 Å². The van der Waals surface area contributed by atoms with Crippen LogP contribution in [0.3, 0.4) is 0 Å². The van der Waals surface area contributed by atoms with Crippen LogP contribution in [0.15, 0.2) is 0 Å². The first-order valence-electron chi connectivity index (χ1n) is 13.0. The molecule has 0 heterocycles. The number of carbonyl (C=O) groups is 7. The number of nitriles is 1. The molecule has 0 bridgehead atoms. The SMILES string of the molecule is CC#N.CC(=O)O.CC(=O)OCCCO.CC(=O)OCCN(C)C.CC(=O)OCCO.CC(=O)OCCO.CC(=O)[O-].CC(N)=O.[CH3-].[Na+]. The molecule has 0 radical (unpaired) electrons. The molecule has 0 saturated carbocycles.